The van der Waals surface area contributed by atoms with Crippen molar-refractivity contribution in [1.29, 1.82) is 0 Å². The first kappa shape index (κ1) is 9.52. The zero-order valence-electron chi connectivity index (χ0n) is 7.97. The summed E-state index contributed by atoms with van der Waals surface area (Å²) in [6.07, 6.45) is 1.83. The van der Waals surface area contributed by atoms with Gasteiger partial charge in [0.05, 0.1) is 12.2 Å². The highest BCUT2D eigenvalue weighted by molar-refractivity contribution is 5.86. The maximum atomic E-state index is 10.7. The average molecular weight is 201 g/mol. The number of hydrogen-bond donors (Lipinski definition) is 0. The highest BCUT2D eigenvalue weighted by Crippen LogP contribution is 2.14. The van der Waals surface area contributed by atoms with E-state index in [-0.39, 0.29) is 5.56 Å². The van der Waals surface area contributed by atoms with Crippen LogP contribution in [0.2, 0.25) is 0 Å². The van der Waals surface area contributed by atoms with Crippen LogP contribution in [0.1, 0.15) is 21.7 Å². The topological polar surface area (TPSA) is 53.3 Å². The van der Waals surface area contributed by atoms with Crippen molar-refractivity contribution in [3.63, 3.8) is 0 Å². The van der Waals surface area contributed by atoms with E-state index in [0.29, 0.717) is 12.2 Å². The van der Waals surface area contributed by atoms with Crippen LogP contribution in [0.5, 0.6) is 0 Å². The Morgan fingerprint density at radius 1 is 1.20 bits per heavy atom. The maximum Gasteiger partial charge on any atom is 0.117 e. The van der Waals surface area contributed by atoms with Crippen molar-refractivity contribution in [1.82, 2.24) is 0 Å². The molecule has 3 heteroatoms. The highest BCUT2D eigenvalue weighted by atomic mass is 16.4. The van der Waals surface area contributed by atoms with Crippen LogP contribution in [-0.2, 0) is 6.42 Å². The number of carbonyl (C=O) groups excluding carboxylic acids is 1. The largest absolute Gasteiger partial charge is 0.545 e. The molecular weight excluding hydrogens is 192 g/mol. The molecule has 0 saturated carbocycles. The minimum Gasteiger partial charge on any atom is -0.545 e. The quantitative estimate of drug-likeness (QED) is 0.750. The molecule has 0 atom stereocenters. The van der Waals surface area contributed by atoms with Crippen LogP contribution < -0.4 is 5.11 Å². The predicted molar refractivity (Wildman–Crippen MR) is 52.3 cm³/mol. The minimum absolute atomic E-state index is 0.124. The number of carboxylic acids is 1. The third-order valence-electron chi connectivity index (χ3n) is 2.17. The SMILES string of the molecule is O=C([O-])c1ccoc1Cc1ccccc1. The van der Waals surface area contributed by atoms with Crippen LogP contribution in [0, 0.1) is 0 Å². The number of rotatable bonds is 3. The lowest BCUT2D eigenvalue weighted by Gasteiger charge is -2.03. The number of aromatic carboxylic acids is 1. The standard InChI is InChI=1S/C12H10O3/c13-12(14)10-6-7-15-11(10)8-9-4-2-1-3-5-9/h1-7H,8H2,(H,13,14)/p-1. The van der Waals surface area contributed by atoms with Crippen LogP contribution >= 0.6 is 0 Å². The highest BCUT2D eigenvalue weighted by Gasteiger charge is 2.07. The van der Waals surface area contributed by atoms with Gasteiger partial charge in [0.15, 0.2) is 0 Å². The molecule has 0 aliphatic rings. The molecule has 0 bridgehead atoms. The molecular formula is C12H9O3-. The van der Waals surface area contributed by atoms with Crippen molar-refractivity contribution in [3.8, 4) is 0 Å². The summed E-state index contributed by atoms with van der Waals surface area (Å²) in [7, 11) is 0. The van der Waals surface area contributed by atoms with Crippen molar-refractivity contribution in [2.24, 2.45) is 0 Å². The Morgan fingerprint density at radius 2 is 1.93 bits per heavy atom. The Kier molecular flexibility index (Phi) is 2.54. The minimum atomic E-state index is -1.20. The van der Waals surface area contributed by atoms with E-state index in [1.54, 1.807) is 0 Å². The summed E-state index contributed by atoms with van der Waals surface area (Å²) in [6, 6.07) is 11.0. The first-order valence-electron chi connectivity index (χ1n) is 4.59. The van der Waals surface area contributed by atoms with Gasteiger partial charge in [0.1, 0.15) is 5.76 Å². The zero-order valence-corrected chi connectivity index (χ0v) is 7.97. The van der Waals surface area contributed by atoms with Crippen LogP contribution in [-0.4, -0.2) is 5.97 Å². The lowest BCUT2D eigenvalue weighted by molar-refractivity contribution is -0.255. The second-order valence-corrected chi connectivity index (χ2v) is 3.21. The zero-order chi connectivity index (χ0) is 10.7. The molecule has 3 nitrogen and oxygen atoms in total. The van der Waals surface area contributed by atoms with E-state index in [2.05, 4.69) is 0 Å². The maximum absolute atomic E-state index is 10.7. The Bertz CT molecular complexity index is 457. The van der Waals surface area contributed by atoms with Crippen molar-refractivity contribution in [2.45, 2.75) is 6.42 Å². The van der Waals surface area contributed by atoms with E-state index >= 15 is 0 Å². The summed E-state index contributed by atoms with van der Waals surface area (Å²) in [5.41, 5.74) is 1.13. The second-order valence-electron chi connectivity index (χ2n) is 3.21. The van der Waals surface area contributed by atoms with E-state index in [1.165, 1.54) is 12.3 Å². The summed E-state index contributed by atoms with van der Waals surface area (Å²) in [4.78, 5) is 10.7. The van der Waals surface area contributed by atoms with Gasteiger partial charge in [-0.3, -0.25) is 0 Å². The molecule has 76 valence electrons. The van der Waals surface area contributed by atoms with Crippen LogP contribution in [0.15, 0.2) is 47.1 Å². The Balaban J connectivity index is 2.25. The summed E-state index contributed by atoms with van der Waals surface area (Å²) in [5, 5.41) is 10.7. The summed E-state index contributed by atoms with van der Waals surface area (Å²) in [5.74, 6) is -0.768. The fraction of sp³-hybridized carbons (Fsp3) is 0.0833. The number of carbonyl (C=O) groups is 1. The Morgan fingerprint density at radius 3 is 2.60 bits per heavy atom. The molecule has 0 N–H and O–H groups in total. The lowest BCUT2D eigenvalue weighted by Crippen LogP contribution is -2.22. The van der Waals surface area contributed by atoms with Gasteiger partial charge in [0, 0.05) is 12.0 Å². The van der Waals surface area contributed by atoms with Gasteiger partial charge in [-0.2, -0.15) is 0 Å². The molecule has 2 aromatic rings. The second kappa shape index (κ2) is 4.00. The van der Waals surface area contributed by atoms with E-state index in [0.717, 1.165) is 5.56 Å². The molecule has 1 heterocycles. The third-order valence-corrected chi connectivity index (χ3v) is 2.17. The molecule has 0 aliphatic carbocycles. The van der Waals surface area contributed by atoms with E-state index in [1.807, 2.05) is 30.3 Å². The molecule has 0 unspecified atom stereocenters. The van der Waals surface area contributed by atoms with Gasteiger partial charge in [-0.15, -0.1) is 0 Å². The first-order chi connectivity index (χ1) is 7.27. The van der Waals surface area contributed by atoms with E-state index < -0.39 is 5.97 Å². The normalized spacial score (nSPS) is 10.1. The van der Waals surface area contributed by atoms with E-state index in [9.17, 15) is 9.90 Å². The molecule has 0 fully saturated rings. The number of carboxylic acid groups (broad SMARTS) is 1. The van der Waals surface area contributed by atoms with Crippen LogP contribution in [0.25, 0.3) is 0 Å². The molecule has 1 aromatic carbocycles. The predicted octanol–water partition coefficient (Wildman–Crippen LogP) is 1.23. The number of hydrogen-bond acceptors (Lipinski definition) is 3. The van der Waals surface area contributed by atoms with Gasteiger partial charge in [-0.05, 0) is 11.6 Å². The fourth-order valence-corrected chi connectivity index (χ4v) is 1.44. The molecule has 0 amide bonds. The number of benzene rings is 1. The molecule has 0 aliphatic heterocycles. The summed E-state index contributed by atoms with van der Waals surface area (Å²) >= 11 is 0. The van der Waals surface area contributed by atoms with Crippen molar-refractivity contribution >= 4 is 5.97 Å². The van der Waals surface area contributed by atoms with Gasteiger partial charge in [0.2, 0.25) is 0 Å². The summed E-state index contributed by atoms with van der Waals surface area (Å²) in [6.45, 7) is 0. The number of furan rings is 1. The molecule has 2 rings (SSSR count). The lowest BCUT2D eigenvalue weighted by atomic mass is 10.1. The Hall–Kier alpha value is -2.03. The van der Waals surface area contributed by atoms with Gasteiger partial charge in [0.25, 0.3) is 0 Å². The molecule has 0 spiro atoms. The Labute approximate surface area is 87.0 Å². The molecule has 0 saturated heterocycles. The molecule has 0 radical (unpaired) electrons. The van der Waals surface area contributed by atoms with Crippen LogP contribution in [0.4, 0.5) is 0 Å². The van der Waals surface area contributed by atoms with Crippen LogP contribution in [0.3, 0.4) is 0 Å². The van der Waals surface area contributed by atoms with Gasteiger partial charge in [-0.1, -0.05) is 30.3 Å². The van der Waals surface area contributed by atoms with Gasteiger partial charge >= 0.3 is 0 Å². The monoisotopic (exact) mass is 201 g/mol. The van der Waals surface area contributed by atoms with Crippen molar-refractivity contribution < 1.29 is 14.3 Å². The van der Waals surface area contributed by atoms with Gasteiger partial charge in [-0.25, -0.2) is 0 Å². The smallest absolute Gasteiger partial charge is 0.117 e. The fourth-order valence-electron chi connectivity index (χ4n) is 1.44. The van der Waals surface area contributed by atoms with Crippen molar-refractivity contribution in [3.05, 3.63) is 59.5 Å². The average Bonchev–Trinajstić information content (AvgIpc) is 2.67. The third kappa shape index (κ3) is 2.07. The van der Waals surface area contributed by atoms with E-state index in [4.69, 9.17) is 4.42 Å². The first-order valence-corrected chi connectivity index (χ1v) is 4.59. The van der Waals surface area contributed by atoms with Gasteiger partial charge < -0.3 is 14.3 Å². The summed E-state index contributed by atoms with van der Waals surface area (Å²) < 4.78 is 5.11. The molecule has 1 aromatic heterocycles. The van der Waals surface area contributed by atoms with Crippen molar-refractivity contribution in [2.75, 3.05) is 0 Å². The molecule has 15 heavy (non-hydrogen) atoms.